The molecule has 0 spiro atoms. The summed E-state index contributed by atoms with van der Waals surface area (Å²) in [6.07, 6.45) is 0.0528. The van der Waals surface area contributed by atoms with Gasteiger partial charge in [-0.3, -0.25) is 14.4 Å². The number of β-amino-alcohol motifs (C(OH)–C–C–N with tert-alkyl or cyclic N) is 1. The molecule has 2 N–H and O–H groups in total. The van der Waals surface area contributed by atoms with Gasteiger partial charge in [0.2, 0.25) is 5.91 Å². The Balaban J connectivity index is 1.58. The van der Waals surface area contributed by atoms with Crippen molar-refractivity contribution in [3.05, 3.63) is 41.0 Å². The first-order valence-electron chi connectivity index (χ1n) is 13.8. The zero-order valence-electron chi connectivity index (χ0n) is 24.1. The number of aliphatic hydroxyl groups excluding tert-OH is 1. The van der Waals surface area contributed by atoms with Gasteiger partial charge in [-0.15, -0.1) is 11.3 Å². The van der Waals surface area contributed by atoms with Crippen molar-refractivity contribution in [3.8, 4) is 10.4 Å². The predicted octanol–water partition coefficient (Wildman–Crippen LogP) is 3.32. The van der Waals surface area contributed by atoms with Gasteiger partial charge in [0.05, 0.1) is 41.4 Å². The fourth-order valence-electron chi connectivity index (χ4n) is 4.91. The molecule has 1 aromatic heterocycles. The van der Waals surface area contributed by atoms with Crippen molar-refractivity contribution in [1.29, 1.82) is 0 Å². The molecule has 1 amide bonds. The lowest BCUT2D eigenvalue weighted by atomic mass is 9.76. The Labute approximate surface area is 244 Å². The van der Waals surface area contributed by atoms with Crippen molar-refractivity contribution in [2.75, 3.05) is 33.0 Å². The summed E-state index contributed by atoms with van der Waals surface area (Å²) >= 11 is 1.58. The second-order valence-corrected chi connectivity index (χ2v) is 12.3. The molecule has 3 atom stereocenters. The zero-order chi connectivity index (χ0) is 30.2. The van der Waals surface area contributed by atoms with Gasteiger partial charge in [-0.25, -0.2) is 9.78 Å². The van der Waals surface area contributed by atoms with Crippen LogP contribution in [-0.2, 0) is 35.1 Å². The van der Waals surface area contributed by atoms with E-state index in [1.54, 1.807) is 11.3 Å². The Bertz CT molecular complexity index is 1200. The number of ether oxygens (including phenoxy) is 2. The van der Waals surface area contributed by atoms with Gasteiger partial charge in [-0.05, 0) is 29.9 Å². The van der Waals surface area contributed by atoms with Crippen LogP contribution < -0.4 is 0 Å². The van der Waals surface area contributed by atoms with Gasteiger partial charge in [0.15, 0.2) is 11.6 Å². The number of carboxylic acids is 1. The second kappa shape index (κ2) is 14.8. The summed E-state index contributed by atoms with van der Waals surface area (Å²) in [6, 6.07) is 7.30. The number of hydrogen-bond acceptors (Lipinski definition) is 9. The van der Waals surface area contributed by atoms with E-state index in [9.17, 15) is 24.3 Å². The molecule has 1 fully saturated rings. The first kappa shape index (κ1) is 32.5. The molecule has 1 aliphatic heterocycles. The summed E-state index contributed by atoms with van der Waals surface area (Å²) in [4.78, 5) is 57.0. The highest BCUT2D eigenvalue weighted by atomic mass is 32.1. The SMILES string of the molecule is Cc1ncsc1-c1ccc(CCC(=O)[C@@H]2C[C@@H](O)CN2C(=O)[C@@H](CC(=O)COCCOCC(=O)O)C(C)(C)C)cc1. The predicted molar refractivity (Wildman–Crippen MR) is 154 cm³/mol. The molecule has 0 radical (unpaired) electrons. The number of carboxylic acid groups (broad SMARTS) is 1. The van der Waals surface area contributed by atoms with Crippen LogP contribution in [0.15, 0.2) is 29.8 Å². The number of amides is 1. The number of nitrogens with zero attached hydrogens (tertiary/aromatic N) is 2. The number of aromatic nitrogens is 1. The Morgan fingerprint density at radius 1 is 1.10 bits per heavy atom. The van der Waals surface area contributed by atoms with Crippen LogP contribution >= 0.6 is 11.3 Å². The largest absolute Gasteiger partial charge is 0.480 e. The van der Waals surface area contributed by atoms with Crippen LogP contribution in [0.2, 0.25) is 0 Å². The monoisotopic (exact) mass is 588 g/mol. The number of aryl methyl sites for hydroxylation is 2. The normalized spacial score (nSPS) is 17.9. The van der Waals surface area contributed by atoms with Gasteiger partial charge in [0, 0.05) is 31.7 Å². The third-order valence-electron chi connectivity index (χ3n) is 7.19. The molecule has 0 unspecified atom stereocenters. The number of carbonyl (C=O) groups is 4. The average molecular weight is 589 g/mol. The van der Waals surface area contributed by atoms with Gasteiger partial charge in [-0.2, -0.15) is 0 Å². The van der Waals surface area contributed by atoms with Gasteiger partial charge in [0.25, 0.3) is 0 Å². The average Bonchev–Trinajstić information content (AvgIpc) is 3.52. The first-order chi connectivity index (χ1) is 19.4. The molecule has 11 heteroatoms. The number of carbonyl (C=O) groups excluding carboxylic acids is 3. The minimum atomic E-state index is -1.09. The number of aliphatic hydroxyl groups is 1. The summed E-state index contributed by atoms with van der Waals surface area (Å²) < 4.78 is 10.2. The van der Waals surface area contributed by atoms with E-state index >= 15 is 0 Å². The Hall–Kier alpha value is -2.99. The van der Waals surface area contributed by atoms with E-state index in [2.05, 4.69) is 4.98 Å². The van der Waals surface area contributed by atoms with Crippen molar-refractivity contribution < 1.29 is 38.9 Å². The van der Waals surface area contributed by atoms with E-state index in [1.165, 1.54) is 4.90 Å². The minimum absolute atomic E-state index is 0.0343. The number of aliphatic carboxylic acids is 1. The van der Waals surface area contributed by atoms with Gasteiger partial charge >= 0.3 is 5.97 Å². The summed E-state index contributed by atoms with van der Waals surface area (Å²) in [5, 5.41) is 19.0. The van der Waals surface area contributed by atoms with Gasteiger partial charge in [-0.1, -0.05) is 45.0 Å². The molecule has 10 nitrogen and oxygen atoms in total. The lowest BCUT2D eigenvalue weighted by Crippen LogP contribution is -2.47. The molecular weight excluding hydrogens is 548 g/mol. The summed E-state index contributed by atoms with van der Waals surface area (Å²) in [5.74, 6) is -2.51. The number of thiazole rings is 1. The quantitative estimate of drug-likeness (QED) is 0.300. The van der Waals surface area contributed by atoms with Crippen molar-refractivity contribution in [1.82, 2.24) is 9.88 Å². The van der Waals surface area contributed by atoms with Crippen molar-refractivity contribution in [2.45, 2.75) is 65.5 Å². The van der Waals surface area contributed by atoms with Crippen molar-refractivity contribution >= 4 is 34.8 Å². The zero-order valence-corrected chi connectivity index (χ0v) is 24.9. The van der Waals surface area contributed by atoms with Gasteiger partial charge in [0.1, 0.15) is 13.2 Å². The molecule has 41 heavy (non-hydrogen) atoms. The highest BCUT2D eigenvalue weighted by Gasteiger charge is 2.44. The maximum absolute atomic E-state index is 13.7. The fraction of sp³-hybridized carbons (Fsp3) is 0.567. The molecule has 3 rings (SSSR count). The Morgan fingerprint density at radius 3 is 2.34 bits per heavy atom. The Morgan fingerprint density at radius 2 is 1.76 bits per heavy atom. The summed E-state index contributed by atoms with van der Waals surface area (Å²) in [6.45, 7) is 7.02. The van der Waals surface area contributed by atoms with E-state index in [-0.39, 0.29) is 63.1 Å². The minimum Gasteiger partial charge on any atom is -0.480 e. The second-order valence-electron chi connectivity index (χ2n) is 11.5. The highest BCUT2D eigenvalue weighted by Crippen LogP contribution is 2.34. The molecule has 0 bridgehead atoms. The molecule has 2 aromatic rings. The number of likely N-dealkylation sites (tertiary alicyclic amines) is 1. The van der Waals surface area contributed by atoms with Gasteiger partial charge < -0.3 is 24.6 Å². The third-order valence-corrected chi connectivity index (χ3v) is 8.17. The van der Waals surface area contributed by atoms with E-state index in [0.717, 1.165) is 21.7 Å². The third kappa shape index (κ3) is 9.53. The molecule has 2 heterocycles. The maximum Gasteiger partial charge on any atom is 0.329 e. The summed E-state index contributed by atoms with van der Waals surface area (Å²) in [5.41, 5.74) is 4.31. The summed E-state index contributed by atoms with van der Waals surface area (Å²) in [7, 11) is 0. The van der Waals surface area contributed by atoms with Crippen LogP contribution in [0.3, 0.4) is 0 Å². The molecular formula is C30H40N2O8S. The molecule has 1 aliphatic rings. The number of benzene rings is 1. The molecule has 1 saturated heterocycles. The number of ketones is 2. The standard InChI is InChI=1S/C30H40N2O8S/c1-19-28(41-18-31-19)21-8-5-20(6-9-21)7-10-26(35)25-14-22(33)15-32(25)29(38)24(30(2,3)4)13-23(34)16-39-11-12-40-17-27(36)37/h5-6,8-9,18,22,24-25,33H,7,10-17H2,1-4H3,(H,36,37)/t22-,24-,25+/m1/s1. The molecule has 224 valence electrons. The topological polar surface area (TPSA) is 143 Å². The molecule has 0 saturated carbocycles. The molecule has 1 aromatic carbocycles. The van der Waals surface area contributed by atoms with E-state index in [1.807, 2.05) is 57.5 Å². The maximum atomic E-state index is 13.7. The van der Waals surface area contributed by atoms with Crippen LogP contribution in [0.1, 0.15) is 51.3 Å². The van der Waals surface area contributed by atoms with Crippen LogP contribution in [0.4, 0.5) is 0 Å². The highest BCUT2D eigenvalue weighted by molar-refractivity contribution is 7.13. The number of hydrogen-bond donors (Lipinski definition) is 2. The van der Waals surface area contributed by atoms with Crippen LogP contribution in [0.25, 0.3) is 10.4 Å². The smallest absolute Gasteiger partial charge is 0.329 e. The lowest BCUT2D eigenvalue weighted by molar-refractivity contribution is -0.146. The van der Waals surface area contributed by atoms with Crippen molar-refractivity contribution in [3.63, 3.8) is 0 Å². The van der Waals surface area contributed by atoms with Crippen LogP contribution in [0, 0.1) is 18.3 Å². The Kier molecular flexibility index (Phi) is 11.7. The van der Waals surface area contributed by atoms with Crippen molar-refractivity contribution in [2.24, 2.45) is 11.3 Å². The van der Waals surface area contributed by atoms with E-state index < -0.39 is 36.1 Å². The number of Topliss-reactive ketones (excluding diaryl/α,β-unsaturated/α-hetero) is 2. The van der Waals surface area contributed by atoms with Crippen LogP contribution in [-0.4, -0.2) is 88.7 Å². The fourth-order valence-corrected chi connectivity index (χ4v) is 5.72. The number of rotatable bonds is 15. The van der Waals surface area contributed by atoms with Crippen LogP contribution in [0.5, 0.6) is 0 Å². The molecule has 0 aliphatic carbocycles. The lowest BCUT2D eigenvalue weighted by Gasteiger charge is -2.34. The van der Waals surface area contributed by atoms with E-state index in [0.29, 0.717) is 6.42 Å². The van der Waals surface area contributed by atoms with E-state index in [4.69, 9.17) is 14.6 Å². The first-order valence-corrected chi connectivity index (χ1v) is 14.6.